The first-order valence-corrected chi connectivity index (χ1v) is 7.92. The summed E-state index contributed by atoms with van der Waals surface area (Å²) in [6, 6.07) is 6.77. The van der Waals surface area contributed by atoms with Gasteiger partial charge in [0.1, 0.15) is 11.3 Å². The number of nitrogens with zero attached hydrogens (tertiary/aromatic N) is 1. The first-order chi connectivity index (χ1) is 12.0. The van der Waals surface area contributed by atoms with Crippen LogP contribution in [0, 0.1) is 13.8 Å². The van der Waals surface area contributed by atoms with E-state index in [1.165, 1.54) is 0 Å². The van der Waals surface area contributed by atoms with Gasteiger partial charge in [0, 0.05) is 29.1 Å². The average molecular weight is 338 g/mol. The average Bonchev–Trinajstić information content (AvgIpc) is 2.59. The molecular formula is C19H18N2O4. The predicted octanol–water partition coefficient (Wildman–Crippen LogP) is 3.08. The van der Waals surface area contributed by atoms with Crippen molar-refractivity contribution in [1.29, 1.82) is 0 Å². The van der Waals surface area contributed by atoms with Crippen molar-refractivity contribution in [1.82, 2.24) is 4.98 Å². The zero-order valence-corrected chi connectivity index (χ0v) is 14.0. The second-order valence-corrected chi connectivity index (χ2v) is 5.87. The van der Waals surface area contributed by atoms with Gasteiger partial charge >= 0.3 is 5.63 Å². The fourth-order valence-electron chi connectivity index (χ4n) is 2.77. The van der Waals surface area contributed by atoms with E-state index < -0.39 is 5.63 Å². The van der Waals surface area contributed by atoms with E-state index in [2.05, 4.69) is 10.3 Å². The molecule has 2 heterocycles. The summed E-state index contributed by atoms with van der Waals surface area (Å²) < 4.78 is 5.38. The van der Waals surface area contributed by atoms with E-state index in [0.29, 0.717) is 22.4 Å². The molecule has 1 amide bonds. The van der Waals surface area contributed by atoms with Crippen molar-refractivity contribution in [2.75, 3.05) is 5.32 Å². The summed E-state index contributed by atoms with van der Waals surface area (Å²) in [7, 11) is 0. The van der Waals surface area contributed by atoms with E-state index in [9.17, 15) is 14.7 Å². The zero-order chi connectivity index (χ0) is 18.0. The summed E-state index contributed by atoms with van der Waals surface area (Å²) in [5.74, 6) is -0.118. The molecule has 0 fully saturated rings. The lowest BCUT2D eigenvalue weighted by Gasteiger charge is -2.10. The number of amides is 1. The Kier molecular flexibility index (Phi) is 4.52. The Morgan fingerprint density at radius 3 is 2.76 bits per heavy atom. The number of aryl methyl sites for hydroxylation is 2. The fraction of sp³-hybridized carbons (Fsp3) is 0.211. The van der Waals surface area contributed by atoms with Gasteiger partial charge in [-0.1, -0.05) is 0 Å². The molecule has 1 aromatic carbocycles. The molecule has 2 N–H and O–H groups in total. The van der Waals surface area contributed by atoms with Gasteiger partial charge in [0.2, 0.25) is 5.91 Å². The Bertz CT molecular complexity index is 994. The normalized spacial score (nSPS) is 10.8. The minimum atomic E-state index is -0.479. The SMILES string of the molecule is Cc1c(CCC(=O)Nc2cccnc2)c(=O)oc2c(C)c(O)ccc12. The number of fused-ring (bicyclic) bond motifs is 1. The van der Waals surface area contributed by atoms with E-state index in [-0.39, 0.29) is 24.5 Å². The maximum Gasteiger partial charge on any atom is 0.339 e. The molecule has 0 aliphatic carbocycles. The van der Waals surface area contributed by atoms with Crippen molar-refractivity contribution >= 4 is 22.6 Å². The summed E-state index contributed by atoms with van der Waals surface area (Å²) >= 11 is 0. The second-order valence-electron chi connectivity index (χ2n) is 5.87. The Hall–Kier alpha value is -3.15. The van der Waals surface area contributed by atoms with E-state index >= 15 is 0 Å². The molecule has 0 saturated carbocycles. The molecule has 2 aromatic heterocycles. The van der Waals surface area contributed by atoms with Gasteiger partial charge in [-0.15, -0.1) is 0 Å². The second kappa shape index (κ2) is 6.76. The monoisotopic (exact) mass is 338 g/mol. The lowest BCUT2D eigenvalue weighted by atomic mass is 10.0. The van der Waals surface area contributed by atoms with Crippen LogP contribution in [0.15, 0.2) is 45.9 Å². The van der Waals surface area contributed by atoms with Crippen molar-refractivity contribution in [2.24, 2.45) is 0 Å². The van der Waals surface area contributed by atoms with Gasteiger partial charge in [-0.05, 0) is 50.1 Å². The maximum atomic E-state index is 12.3. The summed E-state index contributed by atoms with van der Waals surface area (Å²) in [5, 5.41) is 13.3. The number of phenols is 1. The molecule has 0 bridgehead atoms. The molecule has 0 aliphatic rings. The van der Waals surface area contributed by atoms with Crippen molar-refractivity contribution in [2.45, 2.75) is 26.7 Å². The summed E-state index contributed by atoms with van der Waals surface area (Å²) in [5.41, 5.74) is 2.28. The summed E-state index contributed by atoms with van der Waals surface area (Å²) in [6.07, 6.45) is 3.61. The largest absolute Gasteiger partial charge is 0.508 e. The smallest absolute Gasteiger partial charge is 0.339 e. The molecule has 0 radical (unpaired) electrons. The van der Waals surface area contributed by atoms with Crippen LogP contribution in [-0.4, -0.2) is 16.0 Å². The zero-order valence-electron chi connectivity index (χ0n) is 14.0. The van der Waals surface area contributed by atoms with Gasteiger partial charge < -0.3 is 14.8 Å². The molecule has 0 spiro atoms. The summed E-state index contributed by atoms with van der Waals surface area (Å²) in [6.45, 7) is 3.52. The Morgan fingerprint density at radius 2 is 2.04 bits per heavy atom. The third kappa shape index (κ3) is 3.38. The highest BCUT2D eigenvalue weighted by molar-refractivity contribution is 5.91. The Labute approximate surface area is 144 Å². The van der Waals surface area contributed by atoms with Crippen LogP contribution in [0.25, 0.3) is 11.0 Å². The standard InChI is InChI=1S/C19H18N2O4/c1-11-14-5-7-16(22)12(2)18(14)25-19(24)15(11)6-8-17(23)21-13-4-3-9-20-10-13/h3-5,7,9-10,22H,6,8H2,1-2H3,(H,21,23). The fourth-order valence-corrected chi connectivity index (χ4v) is 2.77. The van der Waals surface area contributed by atoms with Crippen LogP contribution >= 0.6 is 0 Å². The van der Waals surface area contributed by atoms with E-state index in [1.807, 2.05) is 6.92 Å². The number of rotatable bonds is 4. The highest BCUT2D eigenvalue weighted by Crippen LogP contribution is 2.28. The van der Waals surface area contributed by atoms with Crippen LogP contribution in [0.4, 0.5) is 5.69 Å². The Morgan fingerprint density at radius 1 is 1.24 bits per heavy atom. The lowest BCUT2D eigenvalue weighted by Crippen LogP contribution is -2.16. The molecule has 0 unspecified atom stereocenters. The van der Waals surface area contributed by atoms with Gasteiger partial charge in [-0.3, -0.25) is 9.78 Å². The molecule has 128 valence electrons. The molecule has 3 aromatic rings. The number of aromatic nitrogens is 1. The quantitative estimate of drug-likeness (QED) is 0.713. The topological polar surface area (TPSA) is 92.4 Å². The van der Waals surface area contributed by atoms with Crippen molar-refractivity contribution < 1.29 is 14.3 Å². The van der Waals surface area contributed by atoms with Gasteiger partial charge in [0.05, 0.1) is 11.9 Å². The van der Waals surface area contributed by atoms with E-state index in [0.717, 1.165) is 10.9 Å². The van der Waals surface area contributed by atoms with E-state index in [1.54, 1.807) is 43.6 Å². The number of carbonyl (C=O) groups is 1. The maximum absolute atomic E-state index is 12.3. The van der Waals surface area contributed by atoms with Gasteiger partial charge in [0.25, 0.3) is 0 Å². The third-order valence-corrected chi connectivity index (χ3v) is 4.22. The molecule has 0 aliphatic heterocycles. The van der Waals surface area contributed by atoms with E-state index in [4.69, 9.17) is 4.42 Å². The highest BCUT2D eigenvalue weighted by atomic mass is 16.4. The Balaban J connectivity index is 1.83. The first-order valence-electron chi connectivity index (χ1n) is 7.92. The van der Waals surface area contributed by atoms with Gasteiger partial charge in [-0.2, -0.15) is 0 Å². The minimum Gasteiger partial charge on any atom is -0.508 e. The number of nitrogens with one attached hydrogen (secondary N) is 1. The number of pyridine rings is 1. The van der Waals surface area contributed by atoms with Crippen LogP contribution < -0.4 is 10.9 Å². The van der Waals surface area contributed by atoms with Crippen molar-refractivity contribution in [3.05, 3.63) is 63.8 Å². The summed E-state index contributed by atoms with van der Waals surface area (Å²) in [4.78, 5) is 28.3. The number of hydrogen-bond donors (Lipinski definition) is 2. The minimum absolute atomic E-state index is 0.0821. The van der Waals surface area contributed by atoms with Crippen LogP contribution in [0.5, 0.6) is 5.75 Å². The molecule has 0 atom stereocenters. The number of anilines is 1. The molecule has 6 nitrogen and oxygen atoms in total. The van der Waals surface area contributed by atoms with Crippen LogP contribution in [0.2, 0.25) is 0 Å². The van der Waals surface area contributed by atoms with Crippen molar-refractivity contribution in [3.63, 3.8) is 0 Å². The lowest BCUT2D eigenvalue weighted by molar-refractivity contribution is -0.116. The number of hydrogen-bond acceptors (Lipinski definition) is 5. The van der Waals surface area contributed by atoms with Crippen LogP contribution in [0.3, 0.4) is 0 Å². The third-order valence-electron chi connectivity index (χ3n) is 4.22. The number of carbonyl (C=O) groups excluding carboxylic acids is 1. The number of benzene rings is 1. The first kappa shape index (κ1) is 16.7. The van der Waals surface area contributed by atoms with Crippen LogP contribution in [-0.2, 0) is 11.2 Å². The predicted molar refractivity (Wildman–Crippen MR) is 94.8 cm³/mol. The van der Waals surface area contributed by atoms with Gasteiger partial charge in [-0.25, -0.2) is 4.79 Å². The molecule has 0 saturated heterocycles. The highest BCUT2D eigenvalue weighted by Gasteiger charge is 2.15. The molecule has 6 heteroatoms. The van der Waals surface area contributed by atoms with Gasteiger partial charge in [0.15, 0.2) is 0 Å². The molecular weight excluding hydrogens is 320 g/mol. The van der Waals surface area contributed by atoms with Crippen LogP contribution in [0.1, 0.15) is 23.1 Å². The molecule has 25 heavy (non-hydrogen) atoms. The molecule has 3 rings (SSSR count). The number of phenolic OH excluding ortho intramolecular Hbond substituents is 1. The number of aromatic hydroxyl groups is 1. The van der Waals surface area contributed by atoms with Crippen molar-refractivity contribution in [3.8, 4) is 5.75 Å².